The van der Waals surface area contributed by atoms with E-state index in [9.17, 15) is 0 Å². The standard InChI is InChI=1S/C21H26BrClN2O/c22-21-12-19(23)6-5-18(21)15-26-20-7-3-16(4-8-20)2-1-10-24-13-17-9-11-25-14-17/h3-8,12,17,24-25H,1-2,9-11,13-15H2. The molecule has 2 N–H and O–H groups in total. The number of hydrogen-bond donors (Lipinski definition) is 2. The molecular weight excluding hydrogens is 412 g/mol. The van der Waals surface area contributed by atoms with Crippen molar-refractivity contribution >= 4 is 27.5 Å². The summed E-state index contributed by atoms with van der Waals surface area (Å²) in [6.45, 7) is 5.09. The molecule has 1 unspecified atom stereocenters. The maximum absolute atomic E-state index is 5.97. The molecule has 5 heteroatoms. The van der Waals surface area contributed by atoms with Crippen LogP contribution in [-0.4, -0.2) is 26.2 Å². The number of rotatable bonds is 9. The molecule has 1 atom stereocenters. The summed E-state index contributed by atoms with van der Waals surface area (Å²) >= 11 is 9.49. The molecule has 3 nitrogen and oxygen atoms in total. The molecule has 0 amide bonds. The highest BCUT2D eigenvalue weighted by molar-refractivity contribution is 9.10. The van der Waals surface area contributed by atoms with E-state index in [4.69, 9.17) is 16.3 Å². The van der Waals surface area contributed by atoms with Crippen LogP contribution in [0.3, 0.4) is 0 Å². The lowest BCUT2D eigenvalue weighted by Gasteiger charge is -2.10. The van der Waals surface area contributed by atoms with Crippen LogP contribution < -0.4 is 15.4 Å². The SMILES string of the molecule is Clc1ccc(COc2ccc(CCCNCC3CCNC3)cc2)c(Br)c1. The van der Waals surface area contributed by atoms with Gasteiger partial charge in [0.05, 0.1) is 0 Å². The Balaban J connectivity index is 1.36. The Kier molecular flexibility index (Phi) is 7.81. The van der Waals surface area contributed by atoms with Crippen LogP contribution in [-0.2, 0) is 13.0 Å². The Bertz CT molecular complexity index is 687. The molecule has 0 saturated carbocycles. The molecule has 1 fully saturated rings. The highest BCUT2D eigenvalue weighted by Gasteiger charge is 2.12. The number of hydrogen-bond acceptors (Lipinski definition) is 3. The average molecular weight is 438 g/mol. The minimum atomic E-state index is 0.525. The molecule has 1 saturated heterocycles. The largest absolute Gasteiger partial charge is 0.489 e. The summed E-state index contributed by atoms with van der Waals surface area (Å²) in [6, 6.07) is 14.2. The van der Waals surface area contributed by atoms with E-state index >= 15 is 0 Å². The van der Waals surface area contributed by atoms with Crippen LogP contribution in [0.1, 0.15) is 24.0 Å². The first-order valence-electron chi connectivity index (χ1n) is 9.28. The molecule has 140 valence electrons. The third-order valence-electron chi connectivity index (χ3n) is 4.75. The van der Waals surface area contributed by atoms with Crippen molar-refractivity contribution in [3.8, 4) is 5.75 Å². The molecule has 0 aliphatic carbocycles. The van der Waals surface area contributed by atoms with Crippen LogP contribution in [0.25, 0.3) is 0 Å². The molecule has 1 heterocycles. The van der Waals surface area contributed by atoms with Gasteiger partial charge in [0.15, 0.2) is 0 Å². The minimum Gasteiger partial charge on any atom is -0.489 e. The zero-order chi connectivity index (χ0) is 18.2. The smallest absolute Gasteiger partial charge is 0.119 e. The molecular formula is C21H26BrClN2O. The molecule has 2 aromatic rings. The fourth-order valence-corrected chi connectivity index (χ4v) is 3.96. The predicted molar refractivity (Wildman–Crippen MR) is 112 cm³/mol. The van der Waals surface area contributed by atoms with E-state index in [1.165, 1.54) is 25.1 Å². The van der Waals surface area contributed by atoms with E-state index in [0.29, 0.717) is 6.61 Å². The van der Waals surface area contributed by atoms with Crippen LogP contribution in [0.2, 0.25) is 5.02 Å². The zero-order valence-corrected chi connectivity index (χ0v) is 17.3. The molecule has 1 aliphatic rings. The fraction of sp³-hybridized carbons (Fsp3) is 0.429. The molecule has 3 rings (SSSR count). The zero-order valence-electron chi connectivity index (χ0n) is 14.9. The van der Waals surface area contributed by atoms with Gasteiger partial charge >= 0.3 is 0 Å². The van der Waals surface area contributed by atoms with E-state index in [0.717, 1.165) is 52.7 Å². The summed E-state index contributed by atoms with van der Waals surface area (Å²) in [5.74, 6) is 1.70. The number of nitrogens with one attached hydrogen (secondary N) is 2. The third kappa shape index (κ3) is 6.27. The Labute approximate surface area is 169 Å². The maximum Gasteiger partial charge on any atom is 0.119 e. The van der Waals surface area contributed by atoms with E-state index in [1.54, 1.807) is 0 Å². The van der Waals surface area contributed by atoms with Crippen molar-refractivity contribution in [3.05, 3.63) is 63.1 Å². The van der Waals surface area contributed by atoms with Crippen molar-refractivity contribution in [2.45, 2.75) is 25.9 Å². The number of benzene rings is 2. The van der Waals surface area contributed by atoms with Crippen LogP contribution in [0.5, 0.6) is 5.75 Å². The van der Waals surface area contributed by atoms with Gasteiger partial charge in [0.2, 0.25) is 0 Å². The Morgan fingerprint density at radius 1 is 1.19 bits per heavy atom. The van der Waals surface area contributed by atoms with E-state index < -0.39 is 0 Å². The van der Waals surface area contributed by atoms with Gasteiger partial charge in [-0.3, -0.25) is 0 Å². The van der Waals surface area contributed by atoms with Crippen LogP contribution in [0.15, 0.2) is 46.9 Å². The van der Waals surface area contributed by atoms with Gasteiger partial charge in [0, 0.05) is 15.1 Å². The van der Waals surface area contributed by atoms with Gasteiger partial charge in [-0.05, 0) is 81.2 Å². The van der Waals surface area contributed by atoms with Crippen molar-refractivity contribution in [2.24, 2.45) is 5.92 Å². The first kappa shape index (κ1) is 19.7. The van der Waals surface area contributed by atoms with Gasteiger partial charge in [-0.2, -0.15) is 0 Å². The van der Waals surface area contributed by atoms with Crippen LogP contribution in [0.4, 0.5) is 0 Å². The lowest BCUT2D eigenvalue weighted by molar-refractivity contribution is 0.305. The van der Waals surface area contributed by atoms with Crippen molar-refractivity contribution in [1.82, 2.24) is 10.6 Å². The van der Waals surface area contributed by atoms with Crippen molar-refractivity contribution < 1.29 is 4.74 Å². The van der Waals surface area contributed by atoms with E-state index in [1.807, 2.05) is 18.2 Å². The van der Waals surface area contributed by atoms with Crippen molar-refractivity contribution in [1.29, 1.82) is 0 Å². The van der Waals surface area contributed by atoms with Gasteiger partial charge in [0.25, 0.3) is 0 Å². The van der Waals surface area contributed by atoms with Gasteiger partial charge in [-0.25, -0.2) is 0 Å². The number of halogens is 2. The second kappa shape index (κ2) is 10.3. The molecule has 0 bridgehead atoms. The first-order valence-corrected chi connectivity index (χ1v) is 10.4. The Morgan fingerprint density at radius 3 is 2.77 bits per heavy atom. The second-order valence-electron chi connectivity index (χ2n) is 6.83. The molecule has 0 radical (unpaired) electrons. The molecule has 2 aromatic carbocycles. The summed E-state index contributed by atoms with van der Waals surface area (Å²) in [4.78, 5) is 0. The van der Waals surface area contributed by atoms with Crippen molar-refractivity contribution in [3.63, 3.8) is 0 Å². The average Bonchev–Trinajstić information content (AvgIpc) is 3.15. The summed E-state index contributed by atoms with van der Waals surface area (Å²) in [5, 5.41) is 7.71. The summed E-state index contributed by atoms with van der Waals surface area (Å²) in [6.07, 6.45) is 3.57. The third-order valence-corrected chi connectivity index (χ3v) is 5.72. The Morgan fingerprint density at radius 2 is 2.04 bits per heavy atom. The lowest BCUT2D eigenvalue weighted by atomic mass is 10.1. The summed E-state index contributed by atoms with van der Waals surface area (Å²) in [7, 11) is 0. The maximum atomic E-state index is 5.97. The monoisotopic (exact) mass is 436 g/mol. The Hall–Kier alpha value is -1.07. The summed E-state index contributed by atoms with van der Waals surface area (Å²) < 4.78 is 6.85. The van der Waals surface area contributed by atoms with Gasteiger partial charge < -0.3 is 15.4 Å². The number of aryl methyl sites for hydroxylation is 1. The lowest BCUT2D eigenvalue weighted by Crippen LogP contribution is -2.25. The molecule has 1 aliphatic heterocycles. The highest BCUT2D eigenvalue weighted by Crippen LogP contribution is 2.23. The highest BCUT2D eigenvalue weighted by atomic mass is 79.9. The van der Waals surface area contributed by atoms with Gasteiger partial charge in [0.1, 0.15) is 12.4 Å². The van der Waals surface area contributed by atoms with E-state index in [-0.39, 0.29) is 0 Å². The first-order chi connectivity index (χ1) is 12.7. The number of ether oxygens (including phenoxy) is 1. The molecule has 26 heavy (non-hydrogen) atoms. The quantitative estimate of drug-likeness (QED) is 0.552. The minimum absolute atomic E-state index is 0.525. The van der Waals surface area contributed by atoms with Crippen molar-refractivity contribution in [2.75, 3.05) is 26.2 Å². The predicted octanol–water partition coefficient (Wildman–Crippen LogP) is 4.81. The van der Waals surface area contributed by atoms with Crippen LogP contribution >= 0.6 is 27.5 Å². The van der Waals surface area contributed by atoms with Crippen LogP contribution in [0, 0.1) is 5.92 Å². The fourth-order valence-electron chi connectivity index (χ4n) is 3.16. The van der Waals surface area contributed by atoms with E-state index in [2.05, 4.69) is 50.8 Å². The summed E-state index contributed by atoms with van der Waals surface area (Å²) in [5.41, 5.74) is 2.44. The second-order valence-corrected chi connectivity index (χ2v) is 8.13. The van der Waals surface area contributed by atoms with Gasteiger partial charge in [-0.1, -0.05) is 45.7 Å². The molecule has 0 aromatic heterocycles. The molecule has 0 spiro atoms. The van der Waals surface area contributed by atoms with Gasteiger partial charge in [-0.15, -0.1) is 0 Å². The normalized spacial score (nSPS) is 16.8. The topological polar surface area (TPSA) is 33.3 Å².